The van der Waals surface area contributed by atoms with Crippen molar-refractivity contribution in [2.75, 3.05) is 5.43 Å². The number of benzene rings is 1. The van der Waals surface area contributed by atoms with Crippen molar-refractivity contribution in [2.45, 2.75) is 0 Å². The predicted molar refractivity (Wildman–Crippen MR) is 50.2 cm³/mol. The van der Waals surface area contributed by atoms with Gasteiger partial charge in [0, 0.05) is 5.56 Å². The van der Waals surface area contributed by atoms with Gasteiger partial charge in [-0.15, -0.1) is 10.2 Å². The number of nitrogens with zero attached hydrogens (tertiary/aromatic N) is 3. The smallest absolute Gasteiger partial charge is 0.267 e. The summed E-state index contributed by atoms with van der Waals surface area (Å²) in [7, 11) is 0. The molecule has 5 nitrogen and oxygen atoms in total. The Morgan fingerprint density at radius 3 is 2.43 bits per heavy atom. The molecule has 0 aliphatic carbocycles. The quantitative estimate of drug-likeness (QED) is 0.753. The first-order chi connectivity index (χ1) is 6.86. The van der Waals surface area contributed by atoms with Crippen molar-refractivity contribution < 1.29 is 4.79 Å². The van der Waals surface area contributed by atoms with Gasteiger partial charge in [0.25, 0.3) is 5.91 Å². The van der Waals surface area contributed by atoms with Gasteiger partial charge in [0.1, 0.15) is 0 Å². The molecule has 1 aromatic heterocycles. The molecule has 0 bridgehead atoms. The molecule has 0 aliphatic rings. The summed E-state index contributed by atoms with van der Waals surface area (Å²) < 4.78 is 0. The lowest BCUT2D eigenvalue weighted by Crippen LogP contribution is -2.24. The van der Waals surface area contributed by atoms with Crippen LogP contribution in [0.1, 0.15) is 10.4 Å². The van der Waals surface area contributed by atoms with Gasteiger partial charge < -0.3 is 0 Å². The van der Waals surface area contributed by atoms with Crippen LogP contribution in [0.2, 0.25) is 0 Å². The van der Waals surface area contributed by atoms with Crippen LogP contribution in [-0.2, 0) is 0 Å². The van der Waals surface area contributed by atoms with Gasteiger partial charge in [-0.25, -0.2) is 5.43 Å². The van der Waals surface area contributed by atoms with Crippen LogP contribution in [0, 0.1) is 0 Å². The Kier molecular flexibility index (Phi) is 2.22. The summed E-state index contributed by atoms with van der Waals surface area (Å²) in [5.41, 5.74) is 3.07. The van der Waals surface area contributed by atoms with E-state index in [2.05, 4.69) is 15.6 Å². The van der Waals surface area contributed by atoms with Gasteiger partial charge in [-0.1, -0.05) is 23.1 Å². The van der Waals surface area contributed by atoms with Gasteiger partial charge >= 0.3 is 0 Å². The van der Waals surface area contributed by atoms with E-state index in [1.54, 1.807) is 24.3 Å². The van der Waals surface area contributed by atoms with E-state index in [9.17, 15) is 4.79 Å². The molecule has 0 saturated heterocycles. The van der Waals surface area contributed by atoms with Crippen molar-refractivity contribution in [1.82, 2.24) is 15.1 Å². The van der Waals surface area contributed by atoms with Crippen LogP contribution in [0.3, 0.4) is 0 Å². The van der Waals surface area contributed by atoms with Crippen LogP contribution in [0.25, 0.3) is 0 Å². The van der Waals surface area contributed by atoms with Gasteiger partial charge in [-0.05, 0) is 12.1 Å². The van der Waals surface area contributed by atoms with Crippen LogP contribution >= 0.6 is 0 Å². The molecular formula is C9H8N4O. The highest BCUT2D eigenvalue weighted by Crippen LogP contribution is 1.97. The molecule has 1 aromatic carbocycles. The first kappa shape index (κ1) is 8.43. The van der Waals surface area contributed by atoms with E-state index in [1.807, 2.05) is 6.07 Å². The molecular weight excluding hydrogens is 180 g/mol. The summed E-state index contributed by atoms with van der Waals surface area (Å²) in [4.78, 5) is 12.6. The minimum Gasteiger partial charge on any atom is -0.267 e. The third-order valence-electron chi connectivity index (χ3n) is 1.66. The fourth-order valence-corrected chi connectivity index (χ4v) is 1.02. The Hall–Kier alpha value is -2.17. The highest BCUT2D eigenvalue weighted by atomic mass is 16.2. The molecule has 2 aromatic rings. The van der Waals surface area contributed by atoms with Crippen LogP contribution in [0.15, 0.2) is 42.7 Å². The van der Waals surface area contributed by atoms with Gasteiger partial charge in [0.2, 0.25) is 0 Å². The Labute approximate surface area is 80.3 Å². The second kappa shape index (κ2) is 3.69. The van der Waals surface area contributed by atoms with E-state index in [0.717, 1.165) is 4.91 Å². The zero-order valence-corrected chi connectivity index (χ0v) is 7.29. The first-order valence-electron chi connectivity index (χ1n) is 4.09. The molecule has 1 amide bonds. The standard InChI is InChI=1S/C9H8N4O/c14-9(8-4-2-1-3-5-8)12-13-10-6-7-11-13/h1-7H,(H,12,14). The number of aromatic nitrogens is 3. The molecule has 0 unspecified atom stereocenters. The van der Waals surface area contributed by atoms with Gasteiger partial charge in [0.05, 0.1) is 12.4 Å². The van der Waals surface area contributed by atoms with E-state index in [0.29, 0.717) is 5.56 Å². The summed E-state index contributed by atoms with van der Waals surface area (Å²) in [5, 5.41) is 7.51. The topological polar surface area (TPSA) is 59.8 Å². The van der Waals surface area contributed by atoms with Crippen LogP contribution < -0.4 is 5.43 Å². The average molecular weight is 188 g/mol. The molecule has 5 heteroatoms. The maximum atomic E-state index is 11.5. The van der Waals surface area contributed by atoms with E-state index in [4.69, 9.17) is 0 Å². The lowest BCUT2D eigenvalue weighted by molar-refractivity contribution is 0.100. The molecule has 0 atom stereocenters. The SMILES string of the molecule is O=C(Nn1nccn1)c1ccccc1. The van der Waals surface area contributed by atoms with Gasteiger partial charge in [0.15, 0.2) is 0 Å². The third-order valence-corrected chi connectivity index (χ3v) is 1.66. The number of hydrogen-bond donors (Lipinski definition) is 1. The largest absolute Gasteiger partial charge is 0.272 e. The molecule has 1 N–H and O–H groups in total. The molecule has 1 heterocycles. The number of rotatable bonds is 2. The number of nitrogens with one attached hydrogen (secondary N) is 1. The van der Waals surface area contributed by atoms with E-state index >= 15 is 0 Å². The minimum absolute atomic E-state index is 0.234. The normalized spacial score (nSPS) is 9.71. The van der Waals surface area contributed by atoms with Crippen LogP contribution in [-0.4, -0.2) is 21.0 Å². The summed E-state index contributed by atoms with van der Waals surface area (Å²) in [6, 6.07) is 8.89. The molecule has 0 aliphatic heterocycles. The van der Waals surface area contributed by atoms with Gasteiger partial charge in [-0.3, -0.25) is 4.79 Å². The summed E-state index contributed by atoms with van der Waals surface area (Å²) >= 11 is 0. The van der Waals surface area contributed by atoms with Crippen molar-refractivity contribution in [2.24, 2.45) is 0 Å². The molecule has 2 rings (SSSR count). The first-order valence-corrected chi connectivity index (χ1v) is 4.09. The van der Waals surface area contributed by atoms with Gasteiger partial charge in [-0.2, -0.15) is 0 Å². The van der Waals surface area contributed by atoms with Crippen LogP contribution in [0.5, 0.6) is 0 Å². The average Bonchev–Trinajstić information content (AvgIpc) is 2.72. The third kappa shape index (κ3) is 1.77. The maximum absolute atomic E-state index is 11.5. The Bertz CT molecular complexity index is 410. The lowest BCUT2D eigenvalue weighted by atomic mass is 10.2. The van der Waals surface area contributed by atoms with Crippen molar-refractivity contribution in [3.8, 4) is 0 Å². The Balaban J connectivity index is 2.11. The number of carbonyl (C=O) groups is 1. The molecule has 0 spiro atoms. The maximum Gasteiger partial charge on any atom is 0.272 e. The monoisotopic (exact) mass is 188 g/mol. The number of carbonyl (C=O) groups excluding carboxylic acids is 1. The van der Waals surface area contributed by atoms with Crippen molar-refractivity contribution in [1.29, 1.82) is 0 Å². The fourth-order valence-electron chi connectivity index (χ4n) is 1.02. The molecule has 0 radical (unpaired) electrons. The van der Waals surface area contributed by atoms with Crippen molar-refractivity contribution in [3.05, 3.63) is 48.3 Å². The molecule has 0 fully saturated rings. The zero-order chi connectivity index (χ0) is 9.80. The van der Waals surface area contributed by atoms with E-state index in [-0.39, 0.29) is 5.91 Å². The molecule has 70 valence electrons. The summed E-state index contributed by atoms with van der Waals surface area (Å²) in [6.45, 7) is 0. The number of amides is 1. The van der Waals surface area contributed by atoms with E-state index < -0.39 is 0 Å². The number of hydrogen-bond acceptors (Lipinski definition) is 3. The van der Waals surface area contributed by atoms with Crippen LogP contribution in [0.4, 0.5) is 0 Å². The summed E-state index contributed by atoms with van der Waals surface area (Å²) in [6.07, 6.45) is 2.98. The Morgan fingerprint density at radius 2 is 1.79 bits per heavy atom. The van der Waals surface area contributed by atoms with Crippen molar-refractivity contribution in [3.63, 3.8) is 0 Å². The Morgan fingerprint density at radius 1 is 1.14 bits per heavy atom. The molecule has 14 heavy (non-hydrogen) atoms. The summed E-state index contributed by atoms with van der Waals surface area (Å²) in [5.74, 6) is -0.234. The highest BCUT2D eigenvalue weighted by Gasteiger charge is 2.04. The highest BCUT2D eigenvalue weighted by molar-refractivity contribution is 5.99. The van der Waals surface area contributed by atoms with Crippen molar-refractivity contribution >= 4 is 5.91 Å². The van der Waals surface area contributed by atoms with E-state index in [1.165, 1.54) is 12.4 Å². The second-order valence-corrected chi connectivity index (χ2v) is 2.63. The predicted octanol–water partition coefficient (Wildman–Crippen LogP) is 0.662. The fraction of sp³-hybridized carbons (Fsp3) is 0. The minimum atomic E-state index is -0.234. The lowest BCUT2D eigenvalue weighted by Gasteiger charge is -2.01. The zero-order valence-electron chi connectivity index (χ0n) is 7.29. The molecule has 0 saturated carbocycles. The second-order valence-electron chi connectivity index (χ2n) is 2.63.